The number of hydrogen-bond donors (Lipinski definition) is 3. The smallest absolute Gasteiger partial charge is 0.305 e. The van der Waals surface area contributed by atoms with Gasteiger partial charge in [0.05, 0.1) is 12.5 Å². The average molecular weight is 461 g/mol. The number of carbonyl (C=O) groups is 2. The maximum absolute atomic E-state index is 12.3. The molecular formula is C28H32N2O4. The van der Waals surface area contributed by atoms with E-state index in [1.165, 1.54) is 5.56 Å². The van der Waals surface area contributed by atoms with Crippen LogP contribution < -0.4 is 10.6 Å². The Morgan fingerprint density at radius 2 is 1.76 bits per heavy atom. The number of amides is 1. The van der Waals surface area contributed by atoms with Crippen LogP contribution in [-0.2, 0) is 4.79 Å². The van der Waals surface area contributed by atoms with Crippen molar-refractivity contribution in [3.63, 3.8) is 0 Å². The zero-order chi connectivity index (χ0) is 24.1. The summed E-state index contributed by atoms with van der Waals surface area (Å²) < 4.78 is 6.40. The Hall–Kier alpha value is -3.54. The van der Waals surface area contributed by atoms with E-state index in [0.717, 1.165) is 42.0 Å². The quantitative estimate of drug-likeness (QED) is 0.316. The molecule has 1 heterocycles. The third-order valence-electron chi connectivity index (χ3n) is 5.99. The molecule has 34 heavy (non-hydrogen) atoms. The molecule has 6 heteroatoms. The molecule has 2 aromatic carbocycles. The summed E-state index contributed by atoms with van der Waals surface area (Å²) in [6.07, 6.45) is 3.18. The highest BCUT2D eigenvalue weighted by atomic mass is 16.4. The first-order chi connectivity index (χ1) is 16.4. The van der Waals surface area contributed by atoms with Gasteiger partial charge in [-0.25, -0.2) is 0 Å². The first kappa shape index (κ1) is 23.6. The van der Waals surface area contributed by atoms with Crippen molar-refractivity contribution in [3.05, 3.63) is 77.6 Å². The van der Waals surface area contributed by atoms with Gasteiger partial charge in [0, 0.05) is 34.8 Å². The van der Waals surface area contributed by atoms with Crippen molar-refractivity contribution >= 4 is 17.6 Å². The summed E-state index contributed by atoms with van der Waals surface area (Å²) in [5.74, 6) is 1.76. The number of hydrogen-bond acceptors (Lipinski definition) is 4. The maximum atomic E-state index is 12.3. The van der Waals surface area contributed by atoms with E-state index in [2.05, 4.69) is 42.7 Å². The molecule has 6 nitrogen and oxygen atoms in total. The summed E-state index contributed by atoms with van der Waals surface area (Å²) in [6.45, 7) is 4.54. The molecule has 1 aromatic heterocycles. The first-order valence-electron chi connectivity index (χ1n) is 12.0. The lowest BCUT2D eigenvalue weighted by molar-refractivity contribution is -0.136. The molecule has 3 N–H and O–H groups in total. The van der Waals surface area contributed by atoms with Crippen molar-refractivity contribution < 1.29 is 19.1 Å². The van der Waals surface area contributed by atoms with Crippen LogP contribution in [0.1, 0.15) is 73.2 Å². The number of nitrogens with one attached hydrogen (secondary N) is 2. The Morgan fingerprint density at radius 3 is 2.38 bits per heavy atom. The number of furan rings is 1. The van der Waals surface area contributed by atoms with E-state index in [-0.39, 0.29) is 24.9 Å². The third kappa shape index (κ3) is 6.07. The van der Waals surface area contributed by atoms with Crippen LogP contribution in [0.4, 0.5) is 5.69 Å². The topological polar surface area (TPSA) is 91.6 Å². The van der Waals surface area contributed by atoms with E-state index in [1.54, 1.807) is 12.1 Å². The van der Waals surface area contributed by atoms with Gasteiger partial charge in [-0.1, -0.05) is 44.2 Å². The van der Waals surface area contributed by atoms with Gasteiger partial charge in [-0.2, -0.15) is 0 Å². The molecule has 1 atom stereocenters. The lowest BCUT2D eigenvalue weighted by Gasteiger charge is -2.22. The van der Waals surface area contributed by atoms with Crippen molar-refractivity contribution in [2.45, 2.75) is 51.5 Å². The van der Waals surface area contributed by atoms with Gasteiger partial charge in [-0.15, -0.1) is 0 Å². The number of carbonyl (C=O) groups excluding carboxylic acids is 1. The van der Waals surface area contributed by atoms with Crippen LogP contribution in [0.3, 0.4) is 0 Å². The van der Waals surface area contributed by atoms with Crippen LogP contribution in [0.25, 0.3) is 11.3 Å². The normalized spacial score (nSPS) is 14.1. The molecule has 0 spiro atoms. The van der Waals surface area contributed by atoms with E-state index in [1.807, 2.05) is 30.3 Å². The molecule has 1 unspecified atom stereocenters. The molecule has 0 bridgehead atoms. The average Bonchev–Trinajstić information content (AvgIpc) is 3.57. The predicted molar refractivity (Wildman–Crippen MR) is 133 cm³/mol. The molecule has 1 saturated carbocycles. The minimum Gasteiger partial charge on any atom is -0.481 e. The van der Waals surface area contributed by atoms with Crippen LogP contribution in [0.15, 0.2) is 65.1 Å². The fourth-order valence-corrected chi connectivity index (χ4v) is 4.14. The van der Waals surface area contributed by atoms with Crippen molar-refractivity contribution in [3.8, 4) is 11.3 Å². The van der Waals surface area contributed by atoms with E-state index >= 15 is 0 Å². The zero-order valence-corrected chi connectivity index (χ0v) is 19.7. The fourth-order valence-electron chi connectivity index (χ4n) is 4.14. The van der Waals surface area contributed by atoms with Crippen LogP contribution in [0.2, 0.25) is 0 Å². The Morgan fingerprint density at radius 1 is 1.06 bits per heavy atom. The van der Waals surface area contributed by atoms with Crippen LogP contribution in [0.5, 0.6) is 0 Å². The summed E-state index contributed by atoms with van der Waals surface area (Å²) in [7, 11) is 0. The summed E-state index contributed by atoms with van der Waals surface area (Å²) in [6, 6.07) is 19.8. The van der Waals surface area contributed by atoms with E-state index in [9.17, 15) is 9.59 Å². The largest absolute Gasteiger partial charge is 0.481 e. The van der Waals surface area contributed by atoms with Crippen LogP contribution >= 0.6 is 0 Å². The SMILES string of the molecule is CC(C)CC(Nc1ccc(C(=O)NCCC(=O)O)cc1)c1cc(-c2ccccc2)oc1C1CC1. The van der Waals surface area contributed by atoms with Crippen molar-refractivity contribution in [1.82, 2.24) is 5.32 Å². The summed E-state index contributed by atoms with van der Waals surface area (Å²) in [5.41, 5.74) is 3.73. The third-order valence-corrected chi connectivity index (χ3v) is 5.99. The first-order valence-corrected chi connectivity index (χ1v) is 12.0. The minimum atomic E-state index is -0.934. The molecule has 1 fully saturated rings. The number of rotatable bonds is 11. The number of benzene rings is 2. The van der Waals surface area contributed by atoms with Gasteiger partial charge in [-0.05, 0) is 55.5 Å². The zero-order valence-electron chi connectivity index (χ0n) is 19.7. The van der Waals surface area contributed by atoms with Gasteiger partial charge in [0.15, 0.2) is 0 Å². The van der Waals surface area contributed by atoms with E-state index in [0.29, 0.717) is 17.4 Å². The molecule has 1 aliphatic carbocycles. The highest BCUT2D eigenvalue weighted by molar-refractivity contribution is 5.94. The Bertz CT molecular complexity index is 1120. The van der Waals surface area contributed by atoms with E-state index < -0.39 is 5.97 Å². The molecular weight excluding hydrogens is 428 g/mol. The fraction of sp³-hybridized carbons (Fsp3) is 0.357. The number of aliphatic carboxylic acids is 1. The van der Waals surface area contributed by atoms with Gasteiger partial charge in [0.25, 0.3) is 5.91 Å². The Balaban J connectivity index is 1.53. The van der Waals surface area contributed by atoms with Gasteiger partial charge in [-0.3, -0.25) is 9.59 Å². The Labute approximate surface area is 200 Å². The summed E-state index contributed by atoms with van der Waals surface area (Å²) >= 11 is 0. The lowest BCUT2D eigenvalue weighted by Crippen LogP contribution is -2.25. The molecule has 178 valence electrons. The predicted octanol–water partition coefficient (Wildman–Crippen LogP) is 6.23. The number of carboxylic acids is 1. The molecule has 1 aliphatic rings. The number of carboxylic acid groups (broad SMARTS) is 1. The van der Waals surface area contributed by atoms with Gasteiger partial charge >= 0.3 is 5.97 Å². The van der Waals surface area contributed by atoms with Gasteiger partial charge in [0.1, 0.15) is 11.5 Å². The van der Waals surface area contributed by atoms with Crippen molar-refractivity contribution in [1.29, 1.82) is 0 Å². The second-order valence-electron chi connectivity index (χ2n) is 9.37. The molecule has 4 rings (SSSR count). The lowest BCUT2D eigenvalue weighted by atomic mass is 9.95. The second-order valence-corrected chi connectivity index (χ2v) is 9.37. The maximum Gasteiger partial charge on any atom is 0.305 e. The minimum absolute atomic E-state index is 0.0899. The van der Waals surface area contributed by atoms with Gasteiger partial charge in [0.2, 0.25) is 0 Å². The summed E-state index contributed by atoms with van der Waals surface area (Å²) in [4.78, 5) is 22.9. The van der Waals surface area contributed by atoms with Crippen LogP contribution in [0, 0.1) is 5.92 Å². The highest BCUT2D eigenvalue weighted by Crippen LogP contribution is 2.47. The van der Waals surface area contributed by atoms with Crippen LogP contribution in [-0.4, -0.2) is 23.5 Å². The molecule has 1 amide bonds. The van der Waals surface area contributed by atoms with Gasteiger partial charge < -0.3 is 20.2 Å². The highest BCUT2D eigenvalue weighted by Gasteiger charge is 2.33. The molecule has 0 aliphatic heterocycles. The molecule has 0 saturated heterocycles. The second kappa shape index (κ2) is 10.6. The number of anilines is 1. The van der Waals surface area contributed by atoms with E-state index in [4.69, 9.17) is 9.52 Å². The molecule has 3 aromatic rings. The summed E-state index contributed by atoms with van der Waals surface area (Å²) in [5, 5.41) is 15.0. The standard InChI is InChI=1S/C28H32N2O4/c1-18(2)16-24(30-22-12-10-21(11-13-22)28(33)29-15-14-26(31)32)23-17-25(19-6-4-3-5-7-19)34-27(23)20-8-9-20/h3-7,10-13,17-18,20,24,30H,8-9,14-16H2,1-2H3,(H,29,33)(H,31,32). The molecule has 0 radical (unpaired) electrons. The van der Waals surface area contributed by atoms with Crippen molar-refractivity contribution in [2.24, 2.45) is 5.92 Å². The monoisotopic (exact) mass is 460 g/mol. The Kier molecular flexibility index (Phi) is 7.36. The van der Waals surface area contributed by atoms with Crippen molar-refractivity contribution in [2.75, 3.05) is 11.9 Å².